The third-order valence-corrected chi connectivity index (χ3v) is 5.84. The molecule has 1 aliphatic heterocycles. The summed E-state index contributed by atoms with van der Waals surface area (Å²) < 4.78 is 0.998. The Bertz CT molecular complexity index is 1080. The highest BCUT2D eigenvalue weighted by atomic mass is 79.9. The van der Waals surface area contributed by atoms with Gasteiger partial charge in [-0.3, -0.25) is 14.6 Å². The third kappa shape index (κ3) is 3.93. The summed E-state index contributed by atoms with van der Waals surface area (Å²) in [5.74, 6) is -0.178. The second-order valence-electron chi connectivity index (χ2n) is 7.05. The molecule has 6 heteroatoms. The first kappa shape index (κ1) is 19.3. The molecule has 0 unspecified atom stereocenters. The number of carbonyl (C=O) groups excluding carboxylic acids is 2. The fourth-order valence-corrected chi connectivity index (χ4v) is 4.07. The van der Waals surface area contributed by atoms with Gasteiger partial charge in [-0.1, -0.05) is 52.8 Å². The van der Waals surface area contributed by atoms with E-state index in [0.29, 0.717) is 12.2 Å². The summed E-state index contributed by atoms with van der Waals surface area (Å²) in [5.41, 5.74) is 2.54. The minimum Gasteiger partial charge on any atom is -0.334 e. The number of aromatic nitrogens is 1. The zero-order valence-electron chi connectivity index (χ0n) is 15.7. The summed E-state index contributed by atoms with van der Waals surface area (Å²) in [6.07, 6.45) is 3.22. The number of nitrogens with zero attached hydrogens (tertiary/aromatic N) is 2. The average molecular weight is 450 g/mol. The number of para-hydroxylation sites is 1. The summed E-state index contributed by atoms with van der Waals surface area (Å²) in [4.78, 5) is 31.1. The summed E-state index contributed by atoms with van der Waals surface area (Å²) in [5, 5.41) is 3.93. The topological polar surface area (TPSA) is 62.3 Å². The Balaban J connectivity index is 1.53. The molecule has 2 atom stereocenters. The van der Waals surface area contributed by atoms with Gasteiger partial charge in [0.1, 0.15) is 0 Å². The molecular weight excluding hydrogens is 430 g/mol. The number of carbonyl (C=O) groups is 2. The highest BCUT2D eigenvalue weighted by molar-refractivity contribution is 9.10. The first-order valence-electron chi connectivity index (χ1n) is 9.39. The SMILES string of the molecule is C=CC(=O)N1C[C@@H](c2ccc(Br)cc2)[C@@H]1CC(=O)Nc1cccc2cccnc12. The largest absolute Gasteiger partial charge is 0.334 e. The van der Waals surface area contributed by atoms with Gasteiger partial charge in [0.15, 0.2) is 0 Å². The van der Waals surface area contributed by atoms with Gasteiger partial charge in [-0.2, -0.15) is 0 Å². The quantitative estimate of drug-likeness (QED) is 0.582. The van der Waals surface area contributed by atoms with Gasteiger partial charge in [0, 0.05) is 41.0 Å². The minimum absolute atomic E-state index is 0.114. The fourth-order valence-electron chi connectivity index (χ4n) is 3.81. The van der Waals surface area contributed by atoms with Crippen LogP contribution in [0.1, 0.15) is 17.9 Å². The molecule has 2 heterocycles. The number of fused-ring (bicyclic) bond motifs is 1. The predicted molar refractivity (Wildman–Crippen MR) is 118 cm³/mol. The Morgan fingerprint density at radius 3 is 2.69 bits per heavy atom. The Kier molecular flexibility index (Phi) is 5.45. The molecule has 0 aliphatic carbocycles. The van der Waals surface area contributed by atoms with Crippen LogP contribution in [0, 0.1) is 0 Å². The standard InChI is InChI=1S/C23H20BrN3O2/c1-2-22(29)27-14-18(15-8-10-17(24)11-9-15)20(27)13-21(28)26-19-7-3-5-16-6-4-12-25-23(16)19/h2-12,18,20H,1,13-14H2,(H,26,28)/t18-,20-/m0/s1. The maximum Gasteiger partial charge on any atom is 0.246 e. The molecule has 0 bridgehead atoms. The summed E-state index contributed by atoms with van der Waals surface area (Å²) in [7, 11) is 0. The van der Waals surface area contributed by atoms with E-state index < -0.39 is 0 Å². The van der Waals surface area contributed by atoms with E-state index in [1.54, 1.807) is 11.1 Å². The van der Waals surface area contributed by atoms with E-state index in [1.807, 2.05) is 54.6 Å². The zero-order valence-corrected chi connectivity index (χ0v) is 17.3. The van der Waals surface area contributed by atoms with Gasteiger partial charge < -0.3 is 10.2 Å². The Labute approximate surface area is 177 Å². The van der Waals surface area contributed by atoms with Crippen molar-refractivity contribution in [1.29, 1.82) is 0 Å². The van der Waals surface area contributed by atoms with Crippen LogP contribution in [0.15, 0.2) is 77.9 Å². The number of benzene rings is 2. The molecular formula is C23H20BrN3O2. The van der Waals surface area contributed by atoms with Crippen LogP contribution in [0.2, 0.25) is 0 Å². The molecule has 1 aliphatic rings. The number of rotatable bonds is 5. The van der Waals surface area contributed by atoms with E-state index in [-0.39, 0.29) is 30.2 Å². The normalized spacial score (nSPS) is 18.2. The molecule has 1 N–H and O–H groups in total. The van der Waals surface area contributed by atoms with E-state index in [9.17, 15) is 9.59 Å². The molecule has 0 saturated carbocycles. The Hall–Kier alpha value is -2.99. The highest BCUT2D eigenvalue weighted by Gasteiger charge is 2.42. The number of hydrogen-bond donors (Lipinski definition) is 1. The van der Waals surface area contributed by atoms with Crippen LogP contribution in [-0.4, -0.2) is 34.3 Å². The fraction of sp³-hybridized carbons (Fsp3) is 0.174. The van der Waals surface area contributed by atoms with Crippen molar-refractivity contribution in [3.8, 4) is 0 Å². The number of hydrogen-bond acceptors (Lipinski definition) is 3. The summed E-state index contributed by atoms with van der Waals surface area (Å²) in [6, 6.07) is 17.3. The highest BCUT2D eigenvalue weighted by Crippen LogP contribution is 2.37. The smallest absolute Gasteiger partial charge is 0.246 e. The van der Waals surface area contributed by atoms with Crippen molar-refractivity contribution in [3.63, 3.8) is 0 Å². The first-order chi connectivity index (χ1) is 14.1. The summed E-state index contributed by atoms with van der Waals surface area (Å²) >= 11 is 3.45. The van der Waals surface area contributed by atoms with Gasteiger partial charge in [-0.05, 0) is 35.9 Å². The maximum atomic E-state index is 12.8. The lowest BCUT2D eigenvalue weighted by molar-refractivity contribution is -0.136. The molecule has 146 valence electrons. The van der Waals surface area contributed by atoms with Crippen molar-refractivity contribution in [2.24, 2.45) is 0 Å². The van der Waals surface area contributed by atoms with Crippen LogP contribution in [0.4, 0.5) is 5.69 Å². The predicted octanol–water partition coefficient (Wildman–Crippen LogP) is 4.51. The first-order valence-corrected chi connectivity index (χ1v) is 10.2. The molecule has 2 amide bonds. The summed E-state index contributed by atoms with van der Waals surface area (Å²) in [6.45, 7) is 4.17. The van der Waals surface area contributed by atoms with Gasteiger partial charge in [0.25, 0.3) is 0 Å². The van der Waals surface area contributed by atoms with E-state index >= 15 is 0 Å². The molecule has 1 saturated heterocycles. The van der Waals surface area contributed by atoms with Crippen molar-refractivity contribution in [1.82, 2.24) is 9.88 Å². The molecule has 29 heavy (non-hydrogen) atoms. The lowest BCUT2D eigenvalue weighted by atomic mass is 9.80. The third-order valence-electron chi connectivity index (χ3n) is 5.32. The molecule has 2 aromatic carbocycles. The Morgan fingerprint density at radius 2 is 1.93 bits per heavy atom. The van der Waals surface area contributed by atoms with E-state index in [2.05, 4.69) is 32.8 Å². The number of anilines is 1. The number of halogens is 1. The van der Waals surface area contributed by atoms with Crippen LogP contribution >= 0.6 is 15.9 Å². The molecule has 0 radical (unpaired) electrons. The monoisotopic (exact) mass is 449 g/mol. The van der Waals surface area contributed by atoms with Crippen molar-refractivity contribution in [2.75, 3.05) is 11.9 Å². The van der Waals surface area contributed by atoms with Crippen LogP contribution in [0.25, 0.3) is 10.9 Å². The maximum absolute atomic E-state index is 12.8. The number of amides is 2. The van der Waals surface area contributed by atoms with Gasteiger partial charge >= 0.3 is 0 Å². The second-order valence-corrected chi connectivity index (χ2v) is 7.97. The van der Waals surface area contributed by atoms with Crippen LogP contribution in [-0.2, 0) is 9.59 Å². The van der Waals surface area contributed by atoms with E-state index in [1.165, 1.54) is 6.08 Å². The number of likely N-dealkylation sites (tertiary alicyclic amines) is 1. The second kappa shape index (κ2) is 8.17. The lowest BCUT2D eigenvalue weighted by Crippen LogP contribution is -2.57. The number of nitrogens with one attached hydrogen (secondary N) is 1. The molecule has 4 rings (SSSR count). The van der Waals surface area contributed by atoms with Gasteiger partial charge in [-0.15, -0.1) is 0 Å². The van der Waals surface area contributed by atoms with Gasteiger partial charge in [0.2, 0.25) is 11.8 Å². The van der Waals surface area contributed by atoms with Crippen molar-refractivity contribution in [3.05, 3.63) is 83.5 Å². The molecule has 1 aromatic heterocycles. The van der Waals surface area contributed by atoms with Crippen molar-refractivity contribution < 1.29 is 9.59 Å². The van der Waals surface area contributed by atoms with E-state index in [0.717, 1.165) is 20.9 Å². The molecule has 1 fully saturated rings. The van der Waals surface area contributed by atoms with Crippen LogP contribution in [0.5, 0.6) is 0 Å². The zero-order chi connectivity index (χ0) is 20.4. The van der Waals surface area contributed by atoms with Gasteiger partial charge in [0.05, 0.1) is 11.2 Å². The lowest BCUT2D eigenvalue weighted by Gasteiger charge is -2.48. The van der Waals surface area contributed by atoms with Crippen molar-refractivity contribution in [2.45, 2.75) is 18.4 Å². The van der Waals surface area contributed by atoms with Crippen LogP contribution < -0.4 is 5.32 Å². The van der Waals surface area contributed by atoms with Gasteiger partial charge in [-0.25, -0.2) is 0 Å². The van der Waals surface area contributed by atoms with E-state index in [4.69, 9.17) is 0 Å². The van der Waals surface area contributed by atoms with Crippen LogP contribution in [0.3, 0.4) is 0 Å². The minimum atomic E-state index is -0.204. The molecule has 3 aromatic rings. The Morgan fingerprint density at radius 1 is 1.17 bits per heavy atom. The number of pyridine rings is 1. The van der Waals surface area contributed by atoms with Crippen molar-refractivity contribution >= 4 is 44.3 Å². The average Bonchev–Trinajstić information content (AvgIpc) is 2.73. The molecule has 0 spiro atoms. The molecule has 5 nitrogen and oxygen atoms in total.